The van der Waals surface area contributed by atoms with Crippen LogP contribution in [0.5, 0.6) is 0 Å². The zero-order valence-electron chi connectivity index (χ0n) is 11.9. The Labute approximate surface area is 132 Å². The molecule has 0 aliphatic rings. The topological polar surface area (TPSA) is 53.2 Å². The van der Waals surface area contributed by atoms with Gasteiger partial charge in [-0.15, -0.1) is 11.8 Å². The van der Waals surface area contributed by atoms with Gasteiger partial charge < -0.3 is 5.32 Å². The third kappa shape index (κ3) is 7.24. The first-order valence-electron chi connectivity index (χ1n) is 6.12. The Morgan fingerprint density at radius 1 is 1.29 bits per heavy atom. The van der Waals surface area contributed by atoms with Crippen molar-refractivity contribution in [2.75, 3.05) is 5.75 Å². The molecule has 0 spiro atoms. The molecule has 0 fully saturated rings. The molecular weight excluding hydrogens is 316 g/mol. The summed E-state index contributed by atoms with van der Waals surface area (Å²) in [7, 11) is 0. The van der Waals surface area contributed by atoms with Gasteiger partial charge in [-0.25, -0.2) is 8.78 Å². The molecule has 0 saturated carbocycles. The maximum atomic E-state index is 13.4. The van der Waals surface area contributed by atoms with Crippen LogP contribution in [0.3, 0.4) is 0 Å². The van der Waals surface area contributed by atoms with Crippen LogP contribution < -0.4 is 16.2 Å². The van der Waals surface area contributed by atoms with Gasteiger partial charge in [-0.3, -0.25) is 15.6 Å². The number of benzene rings is 1. The van der Waals surface area contributed by atoms with Gasteiger partial charge in [0, 0.05) is 10.4 Å². The molecule has 0 aromatic heterocycles. The summed E-state index contributed by atoms with van der Waals surface area (Å²) in [6.45, 7) is 5.77. The van der Waals surface area contributed by atoms with Gasteiger partial charge in [-0.1, -0.05) is 0 Å². The maximum Gasteiger partial charge on any atom is 0.248 e. The van der Waals surface area contributed by atoms with Gasteiger partial charge in [0.25, 0.3) is 0 Å². The number of thiocarbonyl (C=S) groups is 1. The third-order valence-corrected chi connectivity index (χ3v) is 3.29. The van der Waals surface area contributed by atoms with E-state index in [-0.39, 0.29) is 21.3 Å². The van der Waals surface area contributed by atoms with E-state index >= 15 is 0 Å². The highest BCUT2D eigenvalue weighted by Crippen LogP contribution is 2.22. The number of thioether (sulfide) groups is 1. The second-order valence-electron chi connectivity index (χ2n) is 5.24. The van der Waals surface area contributed by atoms with Crippen LogP contribution >= 0.6 is 24.0 Å². The molecule has 0 aliphatic heterocycles. The molecule has 0 saturated heterocycles. The quantitative estimate of drug-likeness (QED) is 0.450. The minimum Gasteiger partial charge on any atom is -0.357 e. The number of nitrogens with one attached hydrogen (secondary N) is 3. The summed E-state index contributed by atoms with van der Waals surface area (Å²) in [5.74, 6) is -1.58. The van der Waals surface area contributed by atoms with Crippen LogP contribution in [0.4, 0.5) is 8.78 Å². The largest absolute Gasteiger partial charge is 0.357 e. The van der Waals surface area contributed by atoms with Crippen molar-refractivity contribution in [1.82, 2.24) is 16.2 Å². The lowest BCUT2D eigenvalue weighted by Crippen LogP contribution is -2.52. The van der Waals surface area contributed by atoms with Crippen molar-refractivity contribution >= 4 is 35.0 Å². The van der Waals surface area contributed by atoms with Crippen LogP contribution in [0, 0.1) is 11.6 Å². The number of hydrogen-bond donors (Lipinski definition) is 3. The van der Waals surface area contributed by atoms with Crippen LogP contribution in [0.1, 0.15) is 20.8 Å². The van der Waals surface area contributed by atoms with Crippen LogP contribution in [0.2, 0.25) is 0 Å². The van der Waals surface area contributed by atoms with Gasteiger partial charge in [0.1, 0.15) is 11.6 Å². The number of halogens is 2. The summed E-state index contributed by atoms with van der Waals surface area (Å²) in [6, 6.07) is 3.10. The summed E-state index contributed by atoms with van der Waals surface area (Å²) in [6.07, 6.45) is 0. The molecule has 0 atom stereocenters. The molecule has 116 valence electrons. The van der Waals surface area contributed by atoms with E-state index in [1.807, 2.05) is 20.8 Å². The van der Waals surface area contributed by atoms with Crippen molar-refractivity contribution in [2.24, 2.45) is 0 Å². The average Bonchev–Trinajstić information content (AvgIpc) is 2.35. The van der Waals surface area contributed by atoms with E-state index in [1.165, 1.54) is 0 Å². The van der Waals surface area contributed by atoms with Crippen molar-refractivity contribution in [3.63, 3.8) is 0 Å². The standard InChI is InChI=1S/C13H17F2N3OS2/c1-13(2,3)16-12(20)18-17-11(19)7-21-10-6-8(14)4-5-9(10)15/h4-6H,7H2,1-3H3,(H,17,19)(H2,16,18,20). The Hall–Kier alpha value is -1.41. The van der Waals surface area contributed by atoms with E-state index in [4.69, 9.17) is 12.2 Å². The number of hydrogen-bond acceptors (Lipinski definition) is 3. The van der Waals surface area contributed by atoms with E-state index in [1.54, 1.807) is 0 Å². The zero-order valence-corrected chi connectivity index (χ0v) is 13.6. The Morgan fingerprint density at radius 2 is 1.95 bits per heavy atom. The van der Waals surface area contributed by atoms with E-state index in [0.717, 1.165) is 30.0 Å². The number of carbonyl (C=O) groups excluding carboxylic acids is 1. The third-order valence-electron chi connectivity index (χ3n) is 2.06. The van der Waals surface area contributed by atoms with Gasteiger partial charge in [0.15, 0.2) is 5.11 Å². The Bertz CT molecular complexity index is 533. The molecule has 0 heterocycles. The van der Waals surface area contributed by atoms with Crippen LogP contribution in [-0.4, -0.2) is 22.3 Å². The van der Waals surface area contributed by atoms with Crippen LogP contribution in [0.15, 0.2) is 23.1 Å². The molecule has 0 bridgehead atoms. The predicted octanol–water partition coefficient (Wildman–Crippen LogP) is 2.35. The number of hydrazine groups is 1. The molecular formula is C13H17F2N3OS2. The minimum absolute atomic E-state index is 0.0640. The molecule has 3 N–H and O–H groups in total. The lowest BCUT2D eigenvalue weighted by molar-refractivity contribution is -0.119. The summed E-state index contributed by atoms with van der Waals surface area (Å²) in [5.41, 5.74) is 4.69. The summed E-state index contributed by atoms with van der Waals surface area (Å²) in [5, 5.41) is 3.23. The van der Waals surface area contributed by atoms with Gasteiger partial charge in [-0.05, 0) is 51.2 Å². The second-order valence-corrected chi connectivity index (χ2v) is 6.67. The monoisotopic (exact) mass is 333 g/mol. The molecule has 0 radical (unpaired) electrons. The molecule has 1 aromatic rings. The maximum absolute atomic E-state index is 13.4. The highest BCUT2D eigenvalue weighted by molar-refractivity contribution is 8.00. The summed E-state index contributed by atoms with van der Waals surface area (Å²) >= 11 is 5.89. The zero-order chi connectivity index (χ0) is 16.0. The highest BCUT2D eigenvalue weighted by Gasteiger charge is 2.12. The van der Waals surface area contributed by atoms with Crippen molar-refractivity contribution in [3.8, 4) is 0 Å². The summed E-state index contributed by atoms with van der Waals surface area (Å²) < 4.78 is 26.3. The fourth-order valence-corrected chi connectivity index (χ4v) is 2.38. The lowest BCUT2D eigenvalue weighted by Gasteiger charge is -2.23. The van der Waals surface area contributed by atoms with E-state index < -0.39 is 17.5 Å². The van der Waals surface area contributed by atoms with E-state index in [0.29, 0.717) is 0 Å². The van der Waals surface area contributed by atoms with Crippen molar-refractivity contribution in [2.45, 2.75) is 31.2 Å². The highest BCUT2D eigenvalue weighted by atomic mass is 32.2. The normalized spacial score (nSPS) is 10.9. The molecule has 4 nitrogen and oxygen atoms in total. The Balaban J connectivity index is 2.38. The smallest absolute Gasteiger partial charge is 0.248 e. The van der Waals surface area contributed by atoms with Crippen LogP contribution in [0.25, 0.3) is 0 Å². The first-order chi connectivity index (χ1) is 9.67. The lowest BCUT2D eigenvalue weighted by atomic mass is 10.1. The molecule has 1 amide bonds. The van der Waals surface area contributed by atoms with Gasteiger partial charge in [-0.2, -0.15) is 0 Å². The van der Waals surface area contributed by atoms with Crippen molar-refractivity contribution < 1.29 is 13.6 Å². The number of rotatable bonds is 3. The minimum atomic E-state index is -0.563. The predicted molar refractivity (Wildman–Crippen MR) is 83.8 cm³/mol. The molecule has 1 aromatic carbocycles. The average molecular weight is 333 g/mol. The number of amides is 1. The summed E-state index contributed by atoms with van der Waals surface area (Å²) in [4.78, 5) is 11.7. The molecule has 0 aliphatic carbocycles. The molecule has 0 unspecified atom stereocenters. The molecule has 21 heavy (non-hydrogen) atoms. The van der Waals surface area contributed by atoms with Crippen LogP contribution in [-0.2, 0) is 4.79 Å². The van der Waals surface area contributed by atoms with Gasteiger partial charge in [0.05, 0.1) is 5.75 Å². The fraction of sp³-hybridized carbons (Fsp3) is 0.385. The second kappa shape index (κ2) is 7.56. The van der Waals surface area contributed by atoms with Gasteiger partial charge in [0.2, 0.25) is 5.91 Å². The van der Waals surface area contributed by atoms with Crippen molar-refractivity contribution in [3.05, 3.63) is 29.8 Å². The molecule has 8 heteroatoms. The Kier molecular flexibility index (Phi) is 6.35. The fourth-order valence-electron chi connectivity index (χ4n) is 1.27. The van der Waals surface area contributed by atoms with E-state index in [9.17, 15) is 13.6 Å². The first kappa shape index (κ1) is 17.6. The first-order valence-corrected chi connectivity index (χ1v) is 7.51. The molecule has 1 rings (SSSR count). The number of carbonyl (C=O) groups is 1. The Morgan fingerprint density at radius 3 is 2.57 bits per heavy atom. The van der Waals surface area contributed by atoms with Gasteiger partial charge >= 0.3 is 0 Å². The SMILES string of the molecule is CC(C)(C)NC(=S)NNC(=O)CSc1cc(F)ccc1F. The van der Waals surface area contributed by atoms with E-state index in [2.05, 4.69) is 16.2 Å². The van der Waals surface area contributed by atoms with Crippen molar-refractivity contribution in [1.29, 1.82) is 0 Å².